The number of hydrogen-bond acceptors (Lipinski definition) is 3. The quantitative estimate of drug-likeness (QED) is 0.370. The third-order valence-electron chi connectivity index (χ3n) is 6.42. The summed E-state index contributed by atoms with van der Waals surface area (Å²) in [7, 11) is 0. The van der Waals surface area contributed by atoms with E-state index < -0.39 is 0 Å². The normalized spacial score (nSPS) is 14.7. The summed E-state index contributed by atoms with van der Waals surface area (Å²) >= 11 is 0. The van der Waals surface area contributed by atoms with Crippen LogP contribution in [-0.4, -0.2) is 32.9 Å². The maximum absolute atomic E-state index is 10.5. The molecule has 0 aliphatic carbocycles. The monoisotopic (exact) mass is 403 g/mol. The largest absolute Gasteiger partial charge is 0.508 e. The molecule has 3 heterocycles. The maximum atomic E-state index is 10.5. The van der Waals surface area contributed by atoms with Gasteiger partial charge in [-0.15, -0.1) is 0 Å². The van der Waals surface area contributed by atoms with Crippen LogP contribution in [0.3, 0.4) is 0 Å². The second-order valence-corrected chi connectivity index (χ2v) is 8.42. The summed E-state index contributed by atoms with van der Waals surface area (Å²) in [5.74, 6) is 0.708. The number of H-pyrrole nitrogens is 1. The first-order valence-electron chi connectivity index (χ1n) is 11.1. The van der Waals surface area contributed by atoms with E-state index in [-0.39, 0.29) is 0 Å². The Labute approximate surface area is 176 Å². The van der Waals surface area contributed by atoms with Crippen molar-refractivity contribution in [3.05, 3.63) is 54.4 Å². The predicted molar refractivity (Wildman–Crippen MR) is 123 cm³/mol. The Kier molecular flexibility index (Phi) is 5.03. The Morgan fingerprint density at radius 1 is 0.900 bits per heavy atom. The molecular weight excluding hydrogens is 374 g/mol. The molecule has 1 aliphatic heterocycles. The van der Waals surface area contributed by atoms with E-state index in [9.17, 15) is 10.2 Å². The van der Waals surface area contributed by atoms with E-state index in [0.717, 1.165) is 60.9 Å². The number of aromatic amines is 1. The highest BCUT2D eigenvalue weighted by Crippen LogP contribution is 2.37. The highest BCUT2D eigenvalue weighted by Gasteiger charge is 2.18. The topological polar surface area (TPSA) is 64.4 Å². The van der Waals surface area contributed by atoms with Crippen molar-refractivity contribution in [3.63, 3.8) is 0 Å². The number of phenolic OH excluding ortho intramolecular Hbond substituents is 2. The molecule has 0 amide bonds. The summed E-state index contributed by atoms with van der Waals surface area (Å²) in [4.78, 5) is 5.64. The fourth-order valence-corrected chi connectivity index (χ4v) is 4.86. The maximum Gasteiger partial charge on any atom is 0.139 e. The molecule has 156 valence electrons. The van der Waals surface area contributed by atoms with Crippen LogP contribution in [0.25, 0.3) is 21.8 Å². The molecule has 0 bridgehead atoms. The molecule has 5 rings (SSSR count). The van der Waals surface area contributed by atoms with E-state index in [0.29, 0.717) is 11.5 Å². The lowest BCUT2D eigenvalue weighted by molar-refractivity contribution is 0.470. The van der Waals surface area contributed by atoms with Gasteiger partial charge in [0.25, 0.3) is 0 Å². The number of fused-ring (bicyclic) bond motifs is 2. The fourth-order valence-electron chi connectivity index (χ4n) is 4.86. The van der Waals surface area contributed by atoms with Gasteiger partial charge in [-0.1, -0.05) is 0 Å². The Hall–Kier alpha value is -3.08. The van der Waals surface area contributed by atoms with Crippen molar-refractivity contribution in [2.75, 3.05) is 18.0 Å². The zero-order valence-electron chi connectivity index (χ0n) is 17.3. The van der Waals surface area contributed by atoms with Crippen LogP contribution >= 0.6 is 0 Å². The number of unbranched alkanes of at least 4 members (excludes halogenated alkanes) is 1. The lowest BCUT2D eigenvalue weighted by Gasteiger charge is -2.30. The first-order valence-corrected chi connectivity index (χ1v) is 11.1. The molecule has 1 aliphatic rings. The minimum Gasteiger partial charge on any atom is -0.508 e. The number of hydrogen-bond donors (Lipinski definition) is 3. The van der Waals surface area contributed by atoms with Gasteiger partial charge in [0.2, 0.25) is 0 Å². The summed E-state index contributed by atoms with van der Waals surface area (Å²) in [6, 6.07) is 11.5. The van der Waals surface area contributed by atoms with E-state index in [1.165, 1.54) is 30.3 Å². The number of aryl methyl sites for hydroxylation is 2. The smallest absolute Gasteiger partial charge is 0.139 e. The van der Waals surface area contributed by atoms with Crippen molar-refractivity contribution >= 4 is 27.5 Å². The zero-order chi connectivity index (χ0) is 20.5. The van der Waals surface area contributed by atoms with Crippen LogP contribution in [0.4, 0.5) is 5.69 Å². The number of benzene rings is 2. The predicted octanol–water partition coefficient (Wildman–Crippen LogP) is 5.55. The number of anilines is 1. The zero-order valence-corrected chi connectivity index (χ0v) is 17.3. The Morgan fingerprint density at radius 2 is 1.77 bits per heavy atom. The summed E-state index contributed by atoms with van der Waals surface area (Å²) < 4.78 is 2.31. The van der Waals surface area contributed by atoms with Crippen molar-refractivity contribution in [2.24, 2.45) is 0 Å². The van der Waals surface area contributed by atoms with Gasteiger partial charge in [0.15, 0.2) is 0 Å². The number of aromatic hydroxyl groups is 2. The molecule has 0 radical (unpaired) electrons. The van der Waals surface area contributed by atoms with Gasteiger partial charge < -0.3 is 24.7 Å². The van der Waals surface area contributed by atoms with Gasteiger partial charge in [-0.05, 0) is 80.5 Å². The van der Waals surface area contributed by atoms with E-state index in [4.69, 9.17) is 0 Å². The summed E-state index contributed by atoms with van der Waals surface area (Å²) in [6.07, 6.45) is 11.0. The van der Waals surface area contributed by atoms with Crippen molar-refractivity contribution in [1.29, 1.82) is 0 Å². The molecule has 2 aromatic carbocycles. The molecule has 0 unspecified atom stereocenters. The van der Waals surface area contributed by atoms with Gasteiger partial charge in [0, 0.05) is 48.3 Å². The second-order valence-electron chi connectivity index (χ2n) is 8.42. The number of rotatable bonds is 6. The van der Waals surface area contributed by atoms with Crippen molar-refractivity contribution in [2.45, 2.75) is 45.1 Å². The minimum atomic E-state index is 0.315. The molecule has 30 heavy (non-hydrogen) atoms. The first kappa shape index (κ1) is 18.9. The van der Waals surface area contributed by atoms with Crippen LogP contribution in [0.1, 0.15) is 37.7 Å². The van der Waals surface area contributed by atoms with Gasteiger partial charge in [-0.25, -0.2) is 0 Å². The number of nitrogens with zero attached hydrogens (tertiary/aromatic N) is 2. The third kappa shape index (κ3) is 3.49. The number of nitrogens with one attached hydrogen (secondary N) is 1. The Morgan fingerprint density at radius 3 is 2.63 bits per heavy atom. The Bertz CT molecular complexity index is 1170. The van der Waals surface area contributed by atoms with Crippen LogP contribution in [0.5, 0.6) is 11.5 Å². The van der Waals surface area contributed by atoms with E-state index in [1.54, 1.807) is 6.07 Å². The van der Waals surface area contributed by atoms with Crippen LogP contribution < -0.4 is 4.90 Å². The molecule has 3 N–H and O–H groups in total. The average molecular weight is 404 g/mol. The summed E-state index contributed by atoms with van der Waals surface area (Å²) in [6.45, 7) is 3.01. The van der Waals surface area contributed by atoms with E-state index in [1.807, 2.05) is 24.3 Å². The molecule has 2 aromatic heterocycles. The van der Waals surface area contributed by atoms with Gasteiger partial charge >= 0.3 is 0 Å². The second kappa shape index (κ2) is 7.98. The third-order valence-corrected chi connectivity index (χ3v) is 6.42. The molecule has 1 saturated heterocycles. The number of aromatic nitrogens is 2. The molecule has 5 heteroatoms. The molecule has 4 aromatic rings. The summed E-state index contributed by atoms with van der Waals surface area (Å²) in [5, 5.41) is 22.6. The van der Waals surface area contributed by atoms with Crippen LogP contribution in [0.2, 0.25) is 0 Å². The molecule has 5 nitrogen and oxygen atoms in total. The minimum absolute atomic E-state index is 0.315. The average Bonchev–Trinajstić information content (AvgIpc) is 3.35. The lowest BCUT2D eigenvalue weighted by atomic mass is 10.1. The van der Waals surface area contributed by atoms with Crippen molar-refractivity contribution < 1.29 is 10.2 Å². The molecular formula is C25H29N3O2. The van der Waals surface area contributed by atoms with E-state index >= 15 is 0 Å². The SMILES string of the molecule is Oc1ccc2[nH]cc(CCCCn3ccc4c(N5CCCCC5)c(O)ccc43)c2c1. The van der Waals surface area contributed by atoms with Gasteiger partial charge in [-0.3, -0.25) is 0 Å². The van der Waals surface area contributed by atoms with Crippen LogP contribution in [0.15, 0.2) is 48.8 Å². The Balaban J connectivity index is 1.28. The van der Waals surface area contributed by atoms with Gasteiger partial charge in [-0.2, -0.15) is 0 Å². The van der Waals surface area contributed by atoms with Gasteiger partial charge in [0.05, 0.1) is 11.2 Å². The molecule has 0 atom stereocenters. The fraction of sp³-hybridized carbons (Fsp3) is 0.360. The van der Waals surface area contributed by atoms with Crippen molar-refractivity contribution in [3.8, 4) is 11.5 Å². The lowest BCUT2D eigenvalue weighted by Crippen LogP contribution is -2.29. The first-order chi connectivity index (χ1) is 14.7. The molecule has 0 saturated carbocycles. The molecule has 0 spiro atoms. The molecule has 1 fully saturated rings. The van der Waals surface area contributed by atoms with Crippen LogP contribution in [-0.2, 0) is 13.0 Å². The highest BCUT2D eigenvalue weighted by atomic mass is 16.3. The van der Waals surface area contributed by atoms with Crippen molar-refractivity contribution in [1.82, 2.24) is 9.55 Å². The highest BCUT2D eigenvalue weighted by molar-refractivity contribution is 5.96. The van der Waals surface area contributed by atoms with E-state index in [2.05, 4.69) is 32.9 Å². The van der Waals surface area contributed by atoms with Gasteiger partial charge in [0.1, 0.15) is 11.5 Å². The van der Waals surface area contributed by atoms with Crippen LogP contribution in [0, 0.1) is 0 Å². The summed E-state index contributed by atoms with van der Waals surface area (Å²) in [5.41, 5.74) is 4.54. The standard InChI is InChI=1S/C25H29N3O2/c29-19-7-8-22-21(16-19)18(17-26-22)6-2-5-12-27-15-11-20-23(27)9-10-24(30)25(20)28-13-3-1-4-14-28/h7-11,15-17,26,29-30H,1-6,12-14H2. The number of piperidine rings is 1. The number of phenols is 2.